The molecule has 1 aromatic carbocycles. The van der Waals surface area contributed by atoms with Gasteiger partial charge in [-0.1, -0.05) is 29.3 Å². The predicted octanol–water partition coefficient (Wildman–Crippen LogP) is 2.41. The summed E-state index contributed by atoms with van der Waals surface area (Å²) in [6.45, 7) is 4.65. The molecule has 0 aromatic heterocycles. The lowest BCUT2D eigenvalue weighted by molar-refractivity contribution is 0.421. The summed E-state index contributed by atoms with van der Waals surface area (Å²) in [4.78, 5) is 0. The second-order valence-electron chi connectivity index (χ2n) is 5.10. The average molecular weight is 325 g/mol. The van der Waals surface area contributed by atoms with E-state index in [0.717, 1.165) is 11.8 Å². The molecule has 0 fully saturated rings. The molecule has 0 aliphatic heterocycles. The van der Waals surface area contributed by atoms with Gasteiger partial charge in [-0.3, -0.25) is 0 Å². The minimum Gasteiger partial charge on any atom is -0.311 e. The van der Waals surface area contributed by atoms with Crippen LogP contribution in [0.4, 0.5) is 0 Å². The van der Waals surface area contributed by atoms with Crippen molar-refractivity contribution in [3.8, 4) is 0 Å². The summed E-state index contributed by atoms with van der Waals surface area (Å²) in [6.07, 6.45) is 1.14. The maximum atomic E-state index is 11.2. The van der Waals surface area contributed by atoms with Crippen LogP contribution in [0.5, 0.6) is 0 Å². The third kappa shape index (κ3) is 6.58. The normalized spacial score (nSPS) is 12.7. The van der Waals surface area contributed by atoms with Crippen LogP contribution in [-0.4, -0.2) is 26.8 Å². The molecule has 0 saturated carbocycles. The van der Waals surface area contributed by atoms with E-state index in [9.17, 15) is 8.42 Å². The zero-order chi connectivity index (χ0) is 14.7. The molecule has 0 saturated heterocycles. The van der Waals surface area contributed by atoms with E-state index >= 15 is 0 Å². The molecule has 7 heteroatoms. The zero-order valence-corrected chi connectivity index (χ0v) is 13.5. The fraction of sp³-hybridized carbons (Fsp3) is 0.500. The Bertz CT molecular complexity index is 545. The molecule has 0 heterocycles. The highest BCUT2D eigenvalue weighted by Crippen LogP contribution is 2.20. The lowest BCUT2D eigenvalue weighted by Crippen LogP contribution is -2.49. The van der Waals surface area contributed by atoms with E-state index in [1.807, 2.05) is 19.9 Å². The van der Waals surface area contributed by atoms with Crippen LogP contribution in [0.2, 0.25) is 10.0 Å². The van der Waals surface area contributed by atoms with E-state index in [4.69, 9.17) is 23.2 Å². The number of nitrogens with one attached hydrogen (secondary N) is 2. The van der Waals surface area contributed by atoms with E-state index in [0.29, 0.717) is 23.1 Å². The molecule has 0 aliphatic carbocycles. The molecule has 0 aliphatic rings. The van der Waals surface area contributed by atoms with E-state index in [2.05, 4.69) is 10.0 Å². The Morgan fingerprint density at radius 3 is 2.42 bits per heavy atom. The number of rotatable bonds is 6. The first-order chi connectivity index (χ1) is 8.59. The van der Waals surface area contributed by atoms with Crippen molar-refractivity contribution in [1.82, 2.24) is 10.0 Å². The molecule has 2 N–H and O–H groups in total. The van der Waals surface area contributed by atoms with Crippen molar-refractivity contribution < 1.29 is 8.42 Å². The van der Waals surface area contributed by atoms with E-state index in [1.165, 1.54) is 0 Å². The first-order valence-electron chi connectivity index (χ1n) is 5.73. The van der Waals surface area contributed by atoms with Gasteiger partial charge in [0.05, 0.1) is 6.26 Å². The second-order valence-corrected chi connectivity index (χ2v) is 7.69. The van der Waals surface area contributed by atoms with Crippen LogP contribution in [0.25, 0.3) is 0 Å². The van der Waals surface area contributed by atoms with Crippen molar-refractivity contribution in [3.63, 3.8) is 0 Å². The topological polar surface area (TPSA) is 58.2 Å². The summed E-state index contributed by atoms with van der Waals surface area (Å²) in [5.41, 5.74) is 0.355. The molecule has 0 unspecified atom stereocenters. The molecule has 0 amide bonds. The zero-order valence-electron chi connectivity index (χ0n) is 11.1. The highest BCUT2D eigenvalue weighted by Gasteiger charge is 2.21. The third-order valence-electron chi connectivity index (χ3n) is 2.36. The van der Waals surface area contributed by atoms with Crippen LogP contribution in [0.3, 0.4) is 0 Å². The van der Waals surface area contributed by atoms with Gasteiger partial charge in [0.2, 0.25) is 10.0 Å². The maximum absolute atomic E-state index is 11.2. The minimum atomic E-state index is -3.22. The molecule has 1 aromatic rings. The van der Waals surface area contributed by atoms with Crippen LogP contribution in [0, 0.1) is 0 Å². The molecule has 1 rings (SSSR count). The number of hydrogen-bond donors (Lipinski definition) is 2. The summed E-state index contributed by atoms with van der Waals surface area (Å²) >= 11 is 11.9. The van der Waals surface area contributed by atoms with Gasteiger partial charge in [0.15, 0.2) is 0 Å². The number of halogens is 2. The molecular formula is C12H18Cl2N2O2S. The average Bonchev–Trinajstić information content (AvgIpc) is 2.17. The Hall–Kier alpha value is -0.330. The Morgan fingerprint density at radius 1 is 1.26 bits per heavy atom. The standard InChI is InChI=1S/C12H18Cl2N2O2S/c1-12(2,16-19(3,17)18)8-15-7-9-4-5-10(13)6-11(9)14/h4-6,15-16H,7-8H2,1-3H3. The van der Waals surface area contributed by atoms with E-state index < -0.39 is 15.6 Å². The smallest absolute Gasteiger partial charge is 0.209 e. The lowest BCUT2D eigenvalue weighted by atomic mass is 10.1. The first-order valence-corrected chi connectivity index (χ1v) is 8.37. The van der Waals surface area contributed by atoms with Crippen LogP contribution in [0.1, 0.15) is 19.4 Å². The Morgan fingerprint density at radius 2 is 1.89 bits per heavy atom. The first kappa shape index (κ1) is 16.7. The monoisotopic (exact) mass is 324 g/mol. The van der Waals surface area contributed by atoms with Crippen molar-refractivity contribution in [2.45, 2.75) is 25.9 Å². The van der Waals surface area contributed by atoms with Gasteiger partial charge in [-0.05, 0) is 31.5 Å². The molecule has 19 heavy (non-hydrogen) atoms. The van der Waals surface area contributed by atoms with Gasteiger partial charge in [0.1, 0.15) is 0 Å². The maximum Gasteiger partial charge on any atom is 0.209 e. The van der Waals surface area contributed by atoms with Crippen LogP contribution >= 0.6 is 23.2 Å². The van der Waals surface area contributed by atoms with Gasteiger partial charge in [0, 0.05) is 28.7 Å². The van der Waals surface area contributed by atoms with Crippen LogP contribution < -0.4 is 10.0 Å². The highest BCUT2D eigenvalue weighted by molar-refractivity contribution is 7.88. The fourth-order valence-electron chi connectivity index (χ4n) is 1.71. The largest absolute Gasteiger partial charge is 0.311 e. The number of benzene rings is 1. The Balaban J connectivity index is 2.54. The molecule has 0 radical (unpaired) electrons. The van der Waals surface area contributed by atoms with Crippen molar-refractivity contribution >= 4 is 33.2 Å². The summed E-state index contributed by atoms with van der Waals surface area (Å²) < 4.78 is 25.0. The second kappa shape index (κ2) is 6.41. The minimum absolute atomic E-state index is 0.485. The van der Waals surface area contributed by atoms with Crippen molar-refractivity contribution in [3.05, 3.63) is 33.8 Å². The van der Waals surface area contributed by atoms with Gasteiger partial charge in [-0.2, -0.15) is 0 Å². The van der Waals surface area contributed by atoms with Crippen molar-refractivity contribution in [2.24, 2.45) is 0 Å². The van der Waals surface area contributed by atoms with Crippen molar-refractivity contribution in [2.75, 3.05) is 12.8 Å². The highest BCUT2D eigenvalue weighted by atomic mass is 35.5. The summed E-state index contributed by atoms with van der Waals surface area (Å²) in [7, 11) is -3.22. The molecule has 0 bridgehead atoms. The van der Waals surface area contributed by atoms with Gasteiger partial charge >= 0.3 is 0 Å². The Labute approximate surface area is 124 Å². The number of sulfonamides is 1. The number of hydrogen-bond acceptors (Lipinski definition) is 3. The van der Waals surface area contributed by atoms with E-state index in [-0.39, 0.29) is 0 Å². The van der Waals surface area contributed by atoms with Crippen LogP contribution in [0.15, 0.2) is 18.2 Å². The quantitative estimate of drug-likeness (QED) is 0.844. The molecule has 0 atom stereocenters. The van der Waals surface area contributed by atoms with Gasteiger partial charge < -0.3 is 5.32 Å². The summed E-state index contributed by atoms with van der Waals surface area (Å²) in [6, 6.07) is 5.29. The van der Waals surface area contributed by atoms with Gasteiger partial charge in [-0.25, -0.2) is 13.1 Å². The summed E-state index contributed by atoms with van der Waals surface area (Å²) in [5.74, 6) is 0. The molecule has 108 valence electrons. The Kier molecular flexibility index (Phi) is 5.65. The van der Waals surface area contributed by atoms with Gasteiger partial charge in [0.25, 0.3) is 0 Å². The SMILES string of the molecule is CC(C)(CNCc1ccc(Cl)cc1Cl)NS(C)(=O)=O. The van der Waals surface area contributed by atoms with E-state index in [1.54, 1.807) is 12.1 Å². The van der Waals surface area contributed by atoms with Gasteiger partial charge in [-0.15, -0.1) is 0 Å². The lowest BCUT2D eigenvalue weighted by Gasteiger charge is -2.25. The predicted molar refractivity (Wildman–Crippen MR) is 80.2 cm³/mol. The fourth-order valence-corrected chi connectivity index (χ4v) is 3.26. The van der Waals surface area contributed by atoms with Crippen LogP contribution in [-0.2, 0) is 16.6 Å². The molecule has 0 spiro atoms. The molecular weight excluding hydrogens is 307 g/mol. The summed E-state index contributed by atoms with van der Waals surface area (Å²) in [5, 5.41) is 4.35. The van der Waals surface area contributed by atoms with Crippen molar-refractivity contribution in [1.29, 1.82) is 0 Å². The molecule has 4 nitrogen and oxygen atoms in total. The third-order valence-corrected chi connectivity index (χ3v) is 3.87.